The molecule has 0 radical (unpaired) electrons. The summed E-state index contributed by atoms with van der Waals surface area (Å²) in [7, 11) is 0. The largest absolute Gasteiger partial charge is 0.460 e. The van der Waals surface area contributed by atoms with Gasteiger partial charge in [0.15, 0.2) is 0 Å². The molecule has 0 aliphatic rings. The van der Waals surface area contributed by atoms with E-state index in [1.54, 1.807) is 43.3 Å². The molecule has 0 aliphatic carbocycles. The third kappa shape index (κ3) is 4.78. The first-order valence-corrected chi connectivity index (χ1v) is 7.72. The van der Waals surface area contributed by atoms with Crippen molar-refractivity contribution in [2.45, 2.75) is 19.4 Å². The predicted octanol–water partition coefficient (Wildman–Crippen LogP) is 2.68. The van der Waals surface area contributed by atoms with Crippen LogP contribution < -0.4 is 5.32 Å². The number of carbonyl (C=O) groups excluding carboxylic acids is 3. The van der Waals surface area contributed by atoms with Gasteiger partial charge >= 0.3 is 5.97 Å². The Morgan fingerprint density at radius 2 is 1.54 bits per heavy atom. The van der Waals surface area contributed by atoms with Gasteiger partial charge in [-0.15, -0.1) is 0 Å². The first kappa shape index (κ1) is 17.4. The molecule has 2 aromatic carbocycles. The lowest BCUT2D eigenvalue weighted by molar-refractivity contribution is -0.153. The van der Waals surface area contributed by atoms with Gasteiger partial charge in [0.2, 0.25) is 5.78 Å². The van der Waals surface area contributed by atoms with Crippen LogP contribution in [0.2, 0.25) is 0 Å². The number of benzene rings is 2. The van der Waals surface area contributed by atoms with Gasteiger partial charge in [0, 0.05) is 12.0 Å². The number of ether oxygens (including phenoxy) is 1. The van der Waals surface area contributed by atoms with Gasteiger partial charge in [-0.25, -0.2) is 4.79 Å². The number of amides is 1. The van der Waals surface area contributed by atoms with E-state index < -0.39 is 17.8 Å². The van der Waals surface area contributed by atoms with E-state index in [0.29, 0.717) is 5.56 Å². The zero-order chi connectivity index (χ0) is 17.4. The standard InChI is InChI=1S/C19H19NO4/c1-2-24-19(23)17(21)13-16(14-9-5-3-6-10-14)20-18(22)15-11-7-4-8-12-15/h3-12,16H,2,13H2,1H3,(H,20,22). The molecule has 0 spiro atoms. The number of carbonyl (C=O) groups is 3. The van der Waals surface area contributed by atoms with Crippen molar-refractivity contribution in [3.63, 3.8) is 0 Å². The Morgan fingerprint density at radius 1 is 0.958 bits per heavy atom. The van der Waals surface area contributed by atoms with Crippen LogP contribution in [-0.4, -0.2) is 24.3 Å². The van der Waals surface area contributed by atoms with Crippen molar-refractivity contribution in [3.05, 3.63) is 71.8 Å². The third-order valence-electron chi connectivity index (χ3n) is 3.44. The summed E-state index contributed by atoms with van der Waals surface area (Å²) in [5, 5.41) is 2.81. The lowest BCUT2D eigenvalue weighted by Gasteiger charge is -2.18. The highest BCUT2D eigenvalue weighted by Crippen LogP contribution is 2.18. The SMILES string of the molecule is CCOC(=O)C(=O)CC(NC(=O)c1ccccc1)c1ccccc1. The Labute approximate surface area is 140 Å². The molecule has 5 nitrogen and oxygen atoms in total. The highest BCUT2D eigenvalue weighted by molar-refractivity contribution is 6.33. The van der Waals surface area contributed by atoms with Gasteiger partial charge in [-0.3, -0.25) is 9.59 Å². The maximum Gasteiger partial charge on any atom is 0.374 e. The van der Waals surface area contributed by atoms with Crippen molar-refractivity contribution in [2.75, 3.05) is 6.61 Å². The van der Waals surface area contributed by atoms with Crippen molar-refractivity contribution >= 4 is 17.7 Å². The molecule has 2 rings (SSSR count). The highest BCUT2D eigenvalue weighted by atomic mass is 16.5. The summed E-state index contributed by atoms with van der Waals surface area (Å²) in [5.74, 6) is -1.85. The second-order valence-corrected chi connectivity index (χ2v) is 5.15. The van der Waals surface area contributed by atoms with Crippen LogP contribution >= 0.6 is 0 Å². The Hall–Kier alpha value is -2.95. The molecule has 124 valence electrons. The highest BCUT2D eigenvalue weighted by Gasteiger charge is 2.23. The van der Waals surface area contributed by atoms with Gasteiger partial charge in [-0.2, -0.15) is 0 Å². The van der Waals surface area contributed by atoms with Crippen LogP contribution in [0.1, 0.15) is 35.3 Å². The van der Waals surface area contributed by atoms with Gasteiger partial charge < -0.3 is 10.1 Å². The second kappa shape index (κ2) is 8.62. The number of esters is 1. The molecule has 1 N–H and O–H groups in total. The van der Waals surface area contributed by atoms with E-state index in [-0.39, 0.29) is 18.9 Å². The van der Waals surface area contributed by atoms with E-state index in [4.69, 9.17) is 4.74 Å². The Bertz CT molecular complexity index is 698. The first-order valence-electron chi connectivity index (χ1n) is 7.72. The van der Waals surface area contributed by atoms with Crippen molar-refractivity contribution in [1.29, 1.82) is 0 Å². The zero-order valence-electron chi connectivity index (χ0n) is 13.4. The molecule has 1 amide bonds. The average molecular weight is 325 g/mol. The molecule has 1 atom stereocenters. The van der Waals surface area contributed by atoms with Crippen molar-refractivity contribution in [1.82, 2.24) is 5.32 Å². The van der Waals surface area contributed by atoms with Crippen LogP contribution in [0.4, 0.5) is 0 Å². The van der Waals surface area contributed by atoms with Gasteiger partial charge in [-0.05, 0) is 24.6 Å². The zero-order valence-corrected chi connectivity index (χ0v) is 13.4. The van der Waals surface area contributed by atoms with Gasteiger partial charge in [0.1, 0.15) is 0 Å². The minimum absolute atomic E-state index is 0.136. The number of ketones is 1. The minimum Gasteiger partial charge on any atom is -0.460 e. The van der Waals surface area contributed by atoms with E-state index in [9.17, 15) is 14.4 Å². The summed E-state index contributed by atoms with van der Waals surface area (Å²) in [5.41, 5.74) is 1.24. The molecule has 1 unspecified atom stereocenters. The molecule has 0 fully saturated rings. The van der Waals surface area contributed by atoms with Crippen LogP contribution in [0, 0.1) is 0 Å². The minimum atomic E-state index is -0.882. The van der Waals surface area contributed by atoms with E-state index in [1.807, 2.05) is 24.3 Å². The quantitative estimate of drug-likeness (QED) is 0.627. The fourth-order valence-corrected chi connectivity index (χ4v) is 2.25. The number of hydrogen-bond donors (Lipinski definition) is 1. The maximum absolute atomic E-state index is 12.4. The summed E-state index contributed by atoms with van der Waals surface area (Å²) in [6.45, 7) is 1.77. The molecule has 0 aliphatic heterocycles. The fourth-order valence-electron chi connectivity index (χ4n) is 2.25. The number of nitrogens with one attached hydrogen (secondary N) is 1. The Balaban J connectivity index is 2.16. The van der Waals surface area contributed by atoms with Crippen LogP contribution in [0.5, 0.6) is 0 Å². The molecule has 0 saturated heterocycles. The molecule has 0 heterocycles. The summed E-state index contributed by atoms with van der Waals surface area (Å²) in [4.78, 5) is 36.0. The number of rotatable bonds is 7. The van der Waals surface area contributed by atoms with Crippen LogP contribution in [-0.2, 0) is 14.3 Å². The maximum atomic E-state index is 12.4. The summed E-state index contributed by atoms with van der Waals surface area (Å²) in [6.07, 6.45) is -0.151. The summed E-state index contributed by atoms with van der Waals surface area (Å²) >= 11 is 0. The van der Waals surface area contributed by atoms with Gasteiger partial charge in [-0.1, -0.05) is 48.5 Å². The molecule has 0 bridgehead atoms. The summed E-state index contributed by atoms with van der Waals surface area (Å²) in [6, 6.07) is 17.2. The van der Waals surface area contributed by atoms with Gasteiger partial charge in [0.25, 0.3) is 5.91 Å². The van der Waals surface area contributed by atoms with Crippen molar-refractivity contribution in [2.24, 2.45) is 0 Å². The Morgan fingerprint density at radius 3 is 2.12 bits per heavy atom. The van der Waals surface area contributed by atoms with E-state index in [2.05, 4.69) is 5.32 Å². The molecule has 24 heavy (non-hydrogen) atoms. The average Bonchev–Trinajstić information content (AvgIpc) is 2.62. The summed E-state index contributed by atoms with van der Waals surface area (Å²) < 4.78 is 4.73. The second-order valence-electron chi connectivity index (χ2n) is 5.15. The van der Waals surface area contributed by atoms with Crippen LogP contribution in [0.15, 0.2) is 60.7 Å². The third-order valence-corrected chi connectivity index (χ3v) is 3.44. The molecular formula is C19H19NO4. The monoisotopic (exact) mass is 325 g/mol. The van der Waals surface area contributed by atoms with Crippen LogP contribution in [0.25, 0.3) is 0 Å². The fraction of sp³-hybridized carbons (Fsp3) is 0.211. The van der Waals surface area contributed by atoms with Crippen molar-refractivity contribution < 1.29 is 19.1 Å². The topological polar surface area (TPSA) is 72.5 Å². The smallest absolute Gasteiger partial charge is 0.374 e. The van der Waals surface area contributed by atoms with E-state index in [0.717, 1.165) is 5.56 Å². The molecule has 5 heteroatoms. The first-order chi connectivity index (χ1) is 11.6. The number of hydrogen-bond acceptors (Lipinski definition) is 4. The van der Waals surface area contributed by atoms with Crippen LogP contribution in [0.3, 0.4) is 0 Å². The van der Waals surface area contributed by atoms with Gasteiger partial charge in [0.05, 0.1) is 12.6 Å². The molecule has 0 saturated carbocycles. The normalized spacial score (nSPS) is 11.4. The predicted molar refractivity (Wildman–Crippen MR) is 89.3 cm³/mol. The van der Waals surface area contributed by atoms with Crippen molar-refractivity contribution in [3.8, 4) is 0 Å². The molecule has 2 aromatic rings. The van der Waals surface area contributed by atoms with E-state index >= 15 is 0 Å². The van der Waals surface area contributed by atoms with E-state index in [1.165, 1.54) is 0 Å². The lowest BCUT2D eigenvalue weighted by Crippen LogP contribution is -2.32. The Kier molecular flexibility index (Phi) is 6.25. The lowest BCUT2D eigenvalue weighted by atomic mass is 10.0. The molecule has 0 aromatic heterocycles. The number of Topliss-reactive ketones (excluding diaryl/α,β-unsaturated/α-hetero) is 1. The molecular weight excluding hydrogens is 306 g/mol.